The van der Waals surface area contributed by atoms with E-state index in [9.17, 15) is 0 Å². The standard InChI is InChI=1S/C22H20NO.C14H16GeN.Ir/c1-14-12-19(23-13-15(14)2)16-8-7-10-18-21(16)24-20-11-6-5-9-17(20)22(18,3)4;1-15(2,3)13-9-10-14(16-11-13)12-7-5-4-6-8-12;/h5-7,9-13H,1-4H3;4-7,9-11H,1-3H3;/q2*-1;/i1D3,2D3;;. The van der Waals surface area contributed by atoms with E-state index in [1.165, 1.54) is 10.5 Å². The topological polar surface area (TPSA) is 35.0 Å². The number of aryl methyl sites for hydroxylation is 2. The molecule has 0 aliphatic carbocycles. The minimum atomic E-state index is -2.59. The molecule has 3 nitrogen and oxygen atoms in total. The first-order valence-corrected chi connectivity index (χ1v) is 20.6. The van der Waals surface area contributed by atoms with E-state index in [0.717, 1.165) is 28.6 Å². The number of benzene rings is 3. The van der Waals surface area contributed by atoms with Crippen LogP contribution in [-0.2, 0) is 25.5 Å². The van der Waals surface area contributed by atoms with Gasteiger partial charge in [0.1, 0.15) is 5.75 Å². The van der Waals surface area contributed by atoms with Crippen molar-refractivity contribution >= 4 is 17.7 Å². The van der Waals surface area contributed by atoms with Crippen molar-refractivity contribution in [2.75, 3.05) is 0 Å². The quantitative estimate of drug-likeness (QED) is 0.136. The predicted molar refractivity (Wildman–Crippen MR) is 168 cm³/mol. The van der Waals surface area contributed by atoms with Crippen molar-refractivity contribution < 1.29 is 33.1 Å². The molecular weight excluding hydrogens is 741 g/mol. The molecule has 1 radical (unpaired) electrons. The summed E-state index contributed by atoms with van der Waals surface area (Å²) >= 11 is -1.72. The monoisotopic (exact) mass is 785 g/mol. The average molecular weight is 784 g/mol. The van der Waals surface area contributed by atoms with Gasteiger partial charge in [0.05, 0.1) is 0 Å². The molecule has 41 heavy (non-hydrogen) atoms. The van der Waals surface area contributed by atoms with E-state index in [2.05, 4.69) is 65.3 Å². The number of hydrogen-bond acceptors (Lipinski definition) is 3. The summed E-state index contributed by atoms with van der Waals surface area (Å²) in [5.41, 5.74) is 3.98. The first-order chi connectivity index (χ1) is 21.5. The molecule has 0 unspecified atom stereocenters. The van der Waals surface area contributed by atoms with E-state index in [1.54, 1.807) is 6.07 Å². The number of rotatable bonds is 3. The number of para-hydroxylation sites is 1. The Labute approximate surface area is 269 Å². The molecule has 2 aromatic heterocycles. The van der Waals surface area contributed by atoms with Gasteiger partial charge in [-0.25, -0.2) is 0 Å². The first-order valence-electron chi connectivity index (χ1n) is 16.3. The third-order valence-corrected chi connectivity index (χ3v) is 11.4. The van der Waals surface area contributed by atoms with Gasteiger partial charge in [0.15, 0.2) is 0 Å². The van der Waals surface area contributed by atoms with Crippen LogP contribution in [0.3, 0.4) is 0 Å². The second kappa shape index (κ2) is 12.4. The Morgan fingerprint density at radius 2 is 1.54 bits per heavy atom. The van der Waals surface area contributed by atoms with Crippen LogP contribution in [-0.4, -0.2) is 23.2 Å². The molecular formula is C36H36GeIrN2O-2. The summed E-state index contributed by atoms with van der Waals surface area (Å²) < 4.78 is 54.1. The zero-order valence-electron chi connectivity index (χ0n) is 29.8. The molecule has 0 amide bonds. The molecule has 0 N–H and O–H groups in total. The van der Waals surface area contributed by atoms with E-state index in [0.29, 0.717) is 22.8 Å². The molecule has 0 fully saturated rings. The van der Waals surface area contributed by atoms with Crippen LogP contribution in [0.15, 0.2) is 91.3 Å². The van der Waals surface area contributed by atoms with E-state index in [4.69, 9.17) is 13.0 Å². The Morgan fingerprint density at radius 3 is 2.22 bits per heavy atom. The van der Waals surface area contributed by atoms with E-state index in [-0.39, 0.29) is 36.6 Å². The van der Waals surface area contributed by atoms with E-state index >= 15 is 0 Å². The Morgan fingerprint density at radius 1 is 0.780 bits per heavy atom. The number of aromatic nitrogens is 2. The number of pyridine rings is 2. The second-order valence-corrected chi connectivity index (χ2v) is 22.0. The fourth-order valence-corrected chi connectivity index (χ4v) is 6.91. The largest absolute Gasteiger partial charge is 0 e. The van der Waals surface area contributed by atoms with Crippen LogP contribution in [0.5, 0.6) is 11.5 Å². The maximum absolute atomic E-state index is 7.81. The van der Waals surface area contributed by atoms with Crippen LogP contribution in [0, 0.1) is 25.8 Å². The zero-order chi connectivity index (χ0) is 33.5. The van der Waals surface area contributed by atoms with Gasteiger partial charge in [0.25, 0.3) is 0 Å². The van der Waals surface area contributed by atoms with E-state index in [1.807, 2.05) is 60.8 Å². The van der Waals surface area contributed by atoms with Crippen molar-refractivity contribution in [3.8, 4) is 34.0 Å². The minimum Gasteiger partial charge on any atom is 0 e. The Kier molecular flexibility index (Phi) is 7.14. The molecule has 3 aromatic carbocycles. The molecule has 211 valence electrons. The molecule has 5 aromatic rings. The van der Waals surface area contributed by atoms with Crippen molar-refractivity contribution in [3.63, 3.8) is 0 Å². The maximum atomic E-state index is 7.81. The SMILES string of the molecule is [2H]C([2H])([2H])c1cnc(-c2[c-]ccc3c2Oc2ccccc2C3(C)C)cc1C([2H])([2H])[2H].[CH3][Ge]([CH3])([CH3])[c]1ccc(-c2[c-]cccc2)nc1.[Ir]. The van der Waals surface area contributed by atoms with Crippen LogP contribution in [0.1, 0.15) is 44.3 Å². The van der Waals surface area contributed by atoms with Gasteiger partial charge in [-0.1, -0.05) is 54.8 Å². The molecule has 0 spiro atoms. The van der Waals surface area contributed by atoms with Gasteiger partial charge < -0.3 is 9.72 Å². The van der Waals surface area contributed by atoms with Gasteiger partial charge in [0, 0.05) is 51.3 Å². The van der Waals surface area contributed by atoms with Gasteiger partial charge >= 0.3 is 99.8 Å². The molecule has 0 saturated carbocycles. The second-order valence-electron chi connectivity index (χ2n) is 11.4. The summed E-state index contributed by atoms with van der Waals surface area (Å²) in [5, 5.41) is 0. The summed E-state index contributed by atoms with van der Waals surface area (Å²) in [5.74, 6) is 8.40. The summed E-state index contributed by atoms with van der Waals surface area (Å²) in [7, 11) is 0. The van der Waals surface area contributed by atoms with Crippen LogP contribution in [0.4, 0.5) is 0 Å². The molecule has 1 aliphatic heterocycles. The molecule has 5 heteroatoms. The van der Waals surface area contributed by atoms with Gasteiger partial charge in [-0.05, 0) is 31.0 Å². The smallest absolute Gasteiger partial charge is 0 e. The van der Waals surface area contributed by atoms with Gasteiger partial charge in [-0.15, -0.1) is 18.2 Å². The number of nitrogens with zero attached hydrogens (tertiary/aromatic N) is 2. The molecule has 3 heterocycles. The van der Waals surface area contributed by atoms with Gasteiger partial charge in [0.2, 0.25) is 0 Å². The Bertz CT molecular complexity index is 1850. The summed E-state index contributed by atoms with van der Waals surface area (Å²) in [4.78, 5) is 8.81. The number of fused-ring (bicyclic) bond motifs is 2. The Hall–Kier alpha value is -3.05. The van der Waals surface area contributed by atoms with E-state index < -0.39 is 27.0 Å². The van der Waals surface area contributed by atoms with Crippen LogP contribution in [0.25, 0.3) is 22.5 Å². The van der Waals surface area contributed by atoms with Crippen molar-refractivity contribution in [2.45, 2.75) is 50.2 Å². The fourth-order valence-electron chi connectivity index (χ4n) is 4.74. The summed E-state index contributed by atoms with van der Waals surface area (Å²) in [6.45, 7) is -0.985. The van der Waals surface area contributed by atoms with Gasteiger partial charge in [-0.2, -0.15) is 0 Å². The van der Waals surface area contributed by atoms with Crippen molar-refractivity contribution in [2.24, 2.45) is 0 Å². The summed E-state index contributed by atoms with van der Waals surface area (Å²) in [6.07, 6.45) is 3.16. The third-order valence-electron chi connectivity index (χ3n) is 7.17. The zero-order valence-corrected chi connectivity index (χ0v) is 28.3. The maximum Gasteiger partial charge on any atom is 0 e. The molecule has 0 bridgehead atoms. The number of ether oxygens (including phenoxy) is 1. The van der Waals surface area contributed by atoms with Crippen molar-refractivity contribution in [1.82, 2.24) is 9.97 Å². The van der Waals surface area contributed by atoms with Crippen molar-refractivity contribution in [1.29, 1.82) is 0 Å². The van der Waals surface area contributed by atoms with Crippen molar-refractivity contribution in [3.05, 3.63) is 126 Å². The molecule has 6 rings (SSSR count). The fraction of sp³-hybridized carbons (Fsp3) is 0.222. The predicted octanol–water partition coefficient (Wildman–Crippen LogP) is 8.69. The van der Waals surface area contributed by atoms with Crippen LogP contribution < -0.4 is 9.13 Å². The minimum absolute atomic E-state index is 0. The first kappa shape index (κ1) is 23.5. The van der Waals surface area contributed by atoms with Crippen LogP contribution in [0.2, 0.25) is 17.3 Å². The number of hydrogen-bond donors (Lipinski definition) is 0. The van der Waals surface area contributed by atoms with Crippen LogP contribution >= 0.6 is 0 Å². The molecule has 0 saturated heterocycles. The third kappa shape index (κ3) is 6.56. The average Bonchev–Trinajstić information content (AvgIpc) is 3.00. The summed E-state index contributed by atoms with van der Waals surface area (Å²) in [6, 6.07) is 31.3. The van der Waals surface area contributed by atoms with Gasteiger partial charge in [-0.3, -0.25) is 0 Å². The normalized spacial score (nSPS) is 15.7. The Balaban J connectivity index is 0.000000249. The molecule has 0 atom stereocenters. The molecule has 1 aliphatic rings.